The number of carbonyl (C=O) groups is 1. The highest BCUT2D eigenvalue weighted by Gasteiger charge is 2.30. The van der Waals surface area contributed by atoms with Gasteiger partial charge in [0, 0.05) is 19.0 Å². The quantitative estimate of drug-likeness (QED) is 0.872. The van der Waals surface area contributed by atoms with Crippen molar-refractivity contribution in [2.45, 2.75) is 32.2 Å². The van der Waals surface area contributed by atoms with Crippen LogP contribution in [0.3, 0.4) is 0 Å². The summed E-state index contributed by atoms with van der Waals surface area (Å²) in [7, 11) is 3.42. The highest BCUT2D eigenvalue weighted by Crippen LogP contribution is 2.31. The van der Waals surface area contributed by atoms with E-state index in [2.05, 4.69) is 10.1 Å². The zero-order valence-electron chi connectivity index (χ0n) is 13.0. The Kier molecular flexibility index (Phi) is 3.83. The first-order chi connectivity index (χ1) is 10.6. The summed E-state index contributed by atoms with van der Waals surface area (Å²) in [6.07, 6.45) is 2.29. The third-order valence-electron chi connectivity index (χ3n) is 4.12. The van der Waals surface area contributed by atoms with Crippen LogP contribution in [0.4, 0.5) is 0 Å². The molecular formula is C16H19N3O3. The normalized spacial score (nSPS) is 18.6. The van der Waals surface area contributed by atoms with Crippen LogP contribution in [-0.2, 0) is 4.79 Å². The Morgan fingerprint density at radius 2 is 2.23 bits per heavy atom. The van der Waals surface area contributed by atoms with Crippen LogP contribution in [-0.4, -0.2) is 35.1 Å². The number of methoxy groups -OCH3 is 1. The Morgan fingerprint density at radius 3 is 3.00 bits per heavy atom. The Bertz CT molecular complexity index is 696. The molecule has 2 aromatic rings. The SMILES string of the molecule is COc1cc(-c2noc(C3CCCC(=O)N3C)n2)ccc1C. The van der Waals surface area contributed by atoms with Crippen molar-refractivity contribution >= 4 is 5.91 Å². The lowest BCUT2D eigenvalue weighted by Gasteiger charge is -2.29. The first kappa shape index (κ1) is 14.6. The molecule has 6 heteroatoms. The molecule has 1 aliphatic rings. The minimum absolute atomic E-state index is 0.119. The van der Waals surface area contributed by atoms with Crippen molar-refractivity contribution in [3.8, 4) is 17.1 Å². The van der Waals surface area contributed by atoms with Gasteiger partial charge in [0.1, 0.15) is 11.8 Å². The third-order valence-corrected chi connectivity index (χ3v) is 4.12. The minimum Gasteiger partial charge on any atom is -0.496 e. The Labute approximate surface area is 129 Å². The van der Waals surface area contributed by atoms with E-state index < -0.39 is 0 Å². The Morgan fingerprint density at radius 1 is 1.41 bits per heavy atom. The van der Waals surface area contributed by atoms with Gasteiger partial charge in [-0.25, -0.2) is 0 Å². The first-order valence-corrected chi connectivity index (χ1v) is 7.34. The number of aromatic nitrogens is 2. The van der Waals surface area contributed by atoms with Gasteiger partial charge in [0.2, 0.25) is 17.6 Å². The number of benzene rings is 1. The van der Waals surface area contributed by atoms with Gasteiger partial charge >= 0.3 is 0 Å². The number of hydrogen-bond donors (Lipinski definition) is 0. The minimum atomic E-state index is -0.130. The maximum atomic E-state index is 11.8. The lowest BCUT2D eigenvalue weighted by Crippen LogP contribution is -2.34. The number of amides is 1. The second-order valence-corrected chi connectivity index (χ2v) is 5.55. The average molecular weight is 301 g/mol. The second kappa shape index (κ2) is 5.79. The fourth-order valence-corrected chi connectivity index (χ4v) is 2.73. The molecule has 1 amide bonds. The van der Waals surface area contributed by atoms with Gasteiger partial charge in [-0.05, 0) is 31.4 Å². The van der Waals surface area contributed by atoms with Crippen molar-refractivity contribution in [2.24, 2.45) is 0 Å². The van der Waals surface area contributed by atoms with Gasteiger partial charge in [-0.15, -0.1) is 0 Å². The molecule has 2 heterocycles. The van der Waals surface area contributed by atoms with Crippen LogP contribution >= 0.6 is 0 Å². The van der Waals surface area contributed by atoms with Crippen LogP contribution in [0.5, 0.6) is 5.75 Å². The monoisotopic (exact) mass is 301 g/mol. The molecule has 0 radical (unpaired) electrons. The maximum Gasteiger partial charge on any atom is 0.249 e. The highest BCUT2D eigenvalue weighted by molar-refractivity contribution is 5.77. The number of hydrogen-bond acceptors (Lipinski definition) is 5. The van der Waals surface area contributed by atoms with Gasteiger partial charge in [-0.1, -0.05) is 17.3 Å². The highest BCUT2D eigenvalue weighted by atomic mass is 16.5. The van der Waals surface area contributed by atoms with Gasteiger partial charge in [0.05, 0.1) is 7.11 Å². The molecule has 0 saturated carbocycles. The van der Waals surface area contributed by atoms with E-state index >= 15 is 0 Å². The second-order valence-electron chi connectivity index (χ2n) is 5.55. The van der Waals surface area contributed by atoms with Crippen molar-refractivity contribution in [3.05, 3.63) is 29.7 Å². The molecule has 0 aliphatic carbocycles. The molecule has 1 saturated heterocycles. The van der Waals surface area contributed by atoms with Crippen LogP contribution in [0.25, 0.3) is 11.4 Å². The van der Waals surface area contributed by atoms with Gasteiger partial charge in [-0.2, -0.15) is 4.98 Å². The fourth-order valence-electron chi connectivity index (χ4n) is 2.73. The maximum absolute atomic E-state index is 11.8. The van der Waals surface area contributed by atoms with Gasteiger partial charge in [-0.3, -0.25) is 4.79 Å². The zero-order chi connectivity index (χ0) is 15.7. The van der Waals surface area contributed by atoms with Crippen LogP contribution < -0.4 is 4.74 Å². The number of ether oxygens (including phenoxy) is 1. The summed E-state index contributed by atoms with van der Waals surface area (Å²) in [6.45, 7) is 1.98. The molecule has 0 bridgehead atoms. The van der Waals surface area contributed by atoms with E-state index in [1.807, 2.05) is 25.1 Å². The van der Waals surface area contributed by atoms with Gasteiger partial charge < -0.3 is 14.2 Å². The summed E-state index contributed by atoms with van der Waals surface area (Å²) in [5, 5.41) is 4.05. The van der Waals surface area contributed by atoms with Gasteiger partial charge in [0.15, 0.2) is 0 Å². The summed E-state index contributed by atoms with van der Waals surface area (Å²) >= 11 is 0. The summed E-state index contributed by atoms with van der Waals surface area (Å²) in [4.78, 5) is 18.0. The molecule has 1 aromatic carbocycles. The molecule has 1 aliphatic heterocycles. The summed E-state index contributed by atoms with van der Waals surface area (Å²) in [5.74, 6) is 1.91. The molecule has 116 valence electrons. The number of aryl methyl sites for hydroxylation is 1. The molecule has 0 spiro atoms. The Hall–Kier alpha value is -2.37. The molecule has 0 N–H and O–H groups in total. The summed E-state index contributed by atoms with van der Waals surface area (Å²) in [6, 6.07) is 5.65. The number of carbonyl (C=O) groups excluding carboxylic acids is 1. The third kappa shape index (κ3) is 2.56. The lowest BCUT2D eigenvalue weighted by atomic mass is 10.0. The molecule has 22 heavy (non-hydrogen) atoms. The molecule has 6 nitrogen and oxygen atoms in total. The topological polar surface area (TPSA) is 68.5 Å². The zero-order valence-corrected chi connectivity index (χ0v) is 13.0. The average Bonchev–Trinajstić information content (AvgIpc) is 3.00. The number of piperidine rings is 1. The molecule has 1 fully saturated rings. The first-order valence-electron chi connectivity index (χ1n) is 7.34. The van der Waals surface area contributed by atoms with E-state index in [4.69, 9.17) is 9.26 Å². The van der Waals surface area contributed by atoms with Crippen LogP contribution in [0.2, 0.25) is 0 Å². The van der Waals surface area contributed by atoms with E-state index in [0.29, 0.717) is 18.1 Å². The van der Waals surface area contributed by atoms with Crippen molar-refractivity contribution in [1.29, 1.82) is 0 Å². The van der Waals surface area contributed by atoms with Crippen LogP contribution in [0.15, 0.2) is 22.7 Å². The number of nitrogens with zero attached hydrogens (tertiary/aromatic N) is 3. The predicted molar refractivity (Wildman–Crippen MR) is 80.4 cm³/mol. The molecular weight excluding hydrogens is 282 g/mol. The van der Waals surface area contributed by atoms with Crippen LogP contribution in [0.1, 0.15) is 36.8 Å². The molecule has 1 aromatic heterocycles. The molecule has 1 unspecified atom stereocenters. The number of rotatable bonds is 3. The van der Waals surface area contributed by atoms with Crippen molar-refractivity contribution < 1.29 is 14.1 Å². The predicted octanol–water partition coefficient (Wildman–Crippen LogP) is 2.74. The van der Waals surface area contributed by atoms with E-state index in [1.165, 1.54) is 0 Å². The van der Waals surface area contributed by atoms with E-state index in [0.717, 1.165) is 29.7 Å². The fraction of sp³-hybridized carbons (Fsp3) is 0.438. The lowest BCUT2D eigenvalue weighted by molar-refractivity contribution is -0.135. The standard InChI is InChI=1S/C16H19N3O3/c1-10-7-8-11(9-13(10)21-3)15-17-16(22-18-15)12-5-4-6-14(20)19(12)2/h7-9,12H,4-6H2,1-3H3. The van der Waals surface area contributed by atoms with Crippen molar-refractivity contribution in [3.63, 3.8) is 0 Å². The Balaban J connectivity index is 1.89. The van der Waals surface area contributed by atoms with E-state index in [-0.39, 0.29) is 11.9 Å². The van der Waals surface area contributed by atoms with E-state index in [9.17, 15) is 4.79 Å². The molecule has 1 atom stereocenters. The molecule has 3 rings (SSSR count). The smallest absolute Gasteiger partial charge is 0.249 e. The van der Waals surface area contributed by atoms with E-state index in [1.54, 1.807) is 19.1 Å². The summed E-state index contributed by atoms with van der Waals surface area (Å²) < 4.78 is 10.7. The van der Waals surface area contributed by atoms with Crippen LogP contribution in [0, 0.1) is 6.92 Å². The van der Waals surface area contributed by atoms with Crippen molar-refractivity contribution in [2.75, 3.05) is 14.2 Å². The largest absolute Gasteiger partial charge is 0.496 e. The number of likely N-dealkylation sites (tertiary alicyclic amines) is 1. The van der Waals surface area contributed by atoms with Gasteiger partial charge in [0.25, 0.3) is 0 Å². The summed E-state index contributed by atoms with van der Waals surface area (Å²) in [5.41, 5.74) is 1.88. The van der Waals surface area contributed by atoms with Crippen molar-refractivity contribution in [1.82, 2.24) is 15.0 Å².